The summed E-state index contributed by atoms with van der Waals surface area (Å²) in [4.78, 5) is 29.3. The van der Waals surface area contributed by atoms with Gasteiger partial charge in [-0.2, -0.15) is 0 Å². The van der Waals surface area contributed by atoms with Gasteiger partial charge in [0.05, 0.1) is 18.3 Å². The van der Waals surface area contributed by atoms with E-state index in [0.717, 1.165) is 23.4 Å². The molecule has 1 aliphatic rings. The Balaban J connectivity index is 2.06. The number of methoxy groups -OCH3 is 1. The number of nitrogens with zero attached hydrogens (tertiary/aromatic N) is 2. The molecule has 29 heavy (non-hydrogen) atoms. The number of ether oxygens (including phenoxy) is 1. The Kier molecular flexibility index (Phi) is 5.87. The number of aryl methyl sites for hydroxylation is 1. The van der Waals surface area contributed by atoms with Crippen molar-refractivity contribution in [1.82, 2.24) is 0 Å². The van der Waals surface area contributed by atoms with Crippen molar-refractivity contribution in [2.45, 2.75) is 20.3 Å². The van der Waals surface area contributed by atoms with Crippen molar-refractivity contribution in [2.75, 3.05) is 31.0 Å². The minimum atomic E-state index is -0.514. The van der Waals surface area contributed by atoms with Crippen molar-refractivity contribution in [2.24, 2.45) is 0 Å². The lowest BCUT2D eigenvalue weighted by Gasteiger charge is -2.18. The van der Waals surface area contributed by atoms with E-state index in [1.54, 1.807) is 17.9 Å². The molecule has 0 bridgehead atoms. The van der Waals surface area contributed by atoms with Gasteiger partial charge in [0.2, 0.25) is 0 Å². The molecule has 0 saturated heterocycles. The van der Waals surface area contributed by atoms with Gasteiger partial charge in [0.25, 0.3) is 5.91 Å². The van der Waals surface area contributed by atoms with Crippen LogP contribution in [0.15, 0.2) is 65.4 Å². The van der Waals surface area contributed by atoms with Crippen LogP contribution in [0, 0.1) is 0 Å². The molecule has 5 nitrogen and oxygen atoms in total. The topological polar surface area (TPSA) is 49.9 Å². The van der Waals surface area contributed by atoms with Crippen molar-refractivity contribution in [3.8, 4) is 0 Å². The number of carbonyl (C=O) groups excluding carboxylic acids is 2. The number of amides is 1. The van der Waals surface area contributed by atoms with E-state index in [4.69, 9.17) is 4.74 Å². The van der Waals surface area contributed by atoms with Crippen LogP contribution in [0.1, 0.15) is 25.0 Å². The molecule has 1 amide bonds. The maximum Gasteiger partial charge on any atom is 0.340 e. The third-order valence-corrected chi connectivity index (χ3v) is 5.11. The van der Waals surface area contributed by atoms with Gasteiger partial charge in [-0.15, -0.1) is 0 Å². The van der Waals surface area contributed by atoms with E-state index in [1.165, 1.54) is 12.7 Å². The zero-order valence-electron chi connectivity index (χ0n) is 17.5. The van der Waals surface area contributed by atoms with Crippen LogP contribution < -0.4 is 9.80 Å². The number of carbonyl (C=O) groups is 2. The van der Waals surface area contributed by atoms with Crippen molar-refractivity contribution in [3.05, 3.63) is 76.5 Å². The van der Waals surface area contributed by atoms with Gasteiger partial charge in [0.1, 0.15) is 0 Å². The summed E-state index contributed by atoms with van der Waals surface area (Å²) >= 11 is 0. The van der Waals surface area contributed by atoms with Crippen LogP contribution in [-0.2, 0) is 20.7 Å². The molecular weight excluding hydrogens is 364 g/mol. The van der Waals surface area contributed by atoms with Crippen molar-refractivity contribution >= 4 is 29.3 Å². The maximum absolute atomic E-state index is 13.3. The first-order valence-corrected chi connectivity index (χ1v) is 9.59. The molecular formula is C24H26N2O3. The second-order valence-electron chi connectivity index (χ2n) is 7.16. The summed E-state index contributed by atoms with van der Waals surface area (Å²) in [7, 11) is 5.27. The fourth-order valence-corrected chi connectivity index (χ4v) is 3.41. The molecule has 150 valence electrons. The Hall–Kier alpha value is -3.34. The Bertz CT molecular complexity index is 984. The fourth-order valence-electron chi connectivity index (χ4n) is 3.41. The quantitative estimate of drug-likeness (QED) is 0.567. The van der Waals surface area contributed by atoms with E-state index in [0.29, 0.717) is 16.8 Å². The first-order valence-electron chi connectivity index (χ1n) is 9.59. The lowest BCUT2D eigenvalue weighted by Crippen LogP contribution is -2.24. The van der Waals surface area contributed by atoms with Gasteiger partial charge >= 0.3 is 5.97 Å². The Morgan fingerprint density at radius 1 is 1.07 bits per heavy atom. The Morgan fingerprint density at radius 3 is 2.21 bits per heavy atom. The van der Waals surface area contributed by atoms with Gasteiger partial charge in [-0.25, -0.2) is 4.79 Å². The SMILES string of the molecule is CCc1ccc(N2C(=O)/C(=C\c3ccc(N(C)C)cc3)C(C(=O)OC)=C2C)cc1. The molecule has 5 heteroatoms. The van der Waals surface area contributed by atoms with Crippen LogP contribution in [-0.4, -0.2) is 33.1 Å². The maximum atomic E-state index is 13.3. The van der Waals surface area contributed by atoms with Gasteiger partial charge < -0.3 is 9.64 Å². The molecule has 0 spiro atoms. The lowest BCUT2D eigenvalue weighted by atomic mass is 10.0. The van der Waals surface area contributed by atoms with Gasteiger partial charge in [0.15, 0.2) is 0 Å². The predicted octanol–water partition coefficient (Wildman–Crippen LogP) is 4.19. The number of hydrogen-bond acceptors (Lipinski definition) is 4. The second kappa shape index (κ2) is 8.35. The van der Waals surface area contributed by atoms with Crippen molar-refractivity contribution < 1.29 is 14.3 Å². The summed E-state index contributed by atoms with van der Waals surface area (Å²) in [6, 6.07) is 15.6. The van der Waals surface area contributed by atoms with Crippen LogP contribution in [0.25, 0.3) is 6.08 Å². The molecule has 0 saturated carbocycles. The molecule has 0 fully saturated rings. The molecule has 0 aromatic heterocycles. The number of anilines is 2. The Morgan fingerprint density at radius 2 is 1.69 bits per heavy atom. The highest BCUT2D eigenvalue weighted by molar-refractivity contribution is 6.23. The molecule has 0 unspecified atom stereocenters. The van der Waals surface area contributed by atoms with Gasteiger partial charge in [-0.1, -0.05) is 31.2 Å². The number of benzene rings is 2. The molecule has 0 N–H and O–H groups in total. The monoisotopic (exact) mass is 390 g/mol. The largest absolute Gasteiger partial charge is 0.465 e. The van der Waals surface area contributed by atoms with Crippen LogP contribution in [0.2, 0.25) is 0 Å². The molecule has 2 aromatic carbocycles. The van der Waals surface area contributed by atoms with E-state index >= 15 is 0 Å². The van der Waals surface area contributed by atoms with E-state index < -0.39 is 5.97 Å². The number of allylic oxidation sites excluding steroid dienone is 1. The summed E-state index contributed by atoms with van der Waals surface area (Å²) in [5, 5.41) is 0. The first-order chi connectivity index (χ1) is 13.9. The molecule has 3 rings (SSSR count). The van der Waals surface area contributed by atoms with E-state index in [2.05, 4.69) is 6.92 Å². The highest BCUT2D eigenvalue weighted by Crippen LogP contribution is 2.35. The summed E-state index contributed by atoms with van der Waals surface area (Å²) < 4.78 is 4.97. The van der Waals surface area contributed by atoms with Gasteiger partial charge in [-0.05, 0) is 54.8 Å². The summed E-state index contributed by atoms with van der Waals surface area (Å²) in [6.07, 6.45) is 2.67. The second-order valence-corrected chi connectivity index (χ2v) is 7.16. The highest BCUT2D eigenvalue weighted by atomic mass is 16.5. The van der Waals surface area contributed by atoms with E-state index in [1.807, 2.05) is 67.5 Å². The summed E-state index contributed by atoms with van der Waals surface area (Å²) in [5.41, 5.74) is 5.03. The minimum absolute atomic E-state index is 0.233. The normalized spacial score (nSPS) is 15.3. The lowest BCUT2D eigenvalue weighted by molar-refractivity contribution is -0.136. The number of hydrogen-bond donors (Lipinski definition) is 0. The molecule has 1 heterocycles. The first kappa shape index (κ1) is 20.4. The van der Waals surface area contributed by atoms with E-state index in [-0.39, 0.29) is 5.91 Å². The Labute approximate surface area is 171 Å². The van der Waals surface area contributed by atoms with Crippen LogP contribution in [0.4, 0.5) is 11.4 Å². The fraction of sp³-hybridized carbons (Fsp3) is 0.250. The van der Waals surface area contributed by atoms with Crippen LogP contribution in [0.5, 0.6) is 0 Å². The van der Waals surface area contributed by atoms with Crippen molar-refractivity contribution in [3.63, 3.8) is 0 Å². The molecule has 2 aromatic rings. The zero-order valence-corrected chi connectivity index (χ0v) is 17.5. The standard InChI is InChI=1S/C24H26N2O3/c1-6-17-7-13-20(14-8-17)26-16(2)22(24(28)29-5)21(23(26)27)15-18-9-11-19(12-10-18)25(3)4/h7-15H,6H2,1-5H3/b21-15-. The number of esters is 1. The molecule has 0 atom stereocenters. The zero-order chi connectivity index (χ0) is 21.1. The smallest absolute Gasteiger partial charge is 0.340 e. The number of rotatable bonds is 5. The van der Waals surface area contributed by atoms with Gasteiger partial charge in [0, 0.05) is 31.2 Å². The van der Waals surface area contributed by atoms with E-state index in [9.17, 15) is 9.59 Å². The molecule has 0 aliphatic carbocycles. The predicted molar refractivity (Wildman–Crippen MR) is 117 cm³/mol. The van der Waals surface area contributed by atoms with Crippen molar-refractivity contribution in [1.29, 1.82) is 0 Å². The summed E-state index contributed by atoms with van der Waals surface area (Å²) in [5.74, 6) is -0.747. The average molecular weight is 390 g/mol. The minimum Gasteiger partial charge on any atom is -0.465 e. The highest BCUT2D eigenvalue weighted by Gasteiger charge is 2.37. The summed E-state index contributed by atoms with van der Waals surface area (Å²) in [6.45, 7) is 3.85. The van der Waals surface area contributed by atoms with Crippen LogP contribution in [0.3, 0.4) is 0 Å². The third kappa shape index (κ3) is 3.94. The third-order valence-electron chi connectivity index (χ3n) is 5.11. The van der Waals surface area contributed by atoms with Crippen LogP contribution >= 0.6 is 0 Å². The average Bonchev–Trinajstić information content (AvgIpc) is 2.97. The van der Waals surface area contributed by atoms with Gasteiger partial charge in [-0.3, -0.25) is 9.69 Å². The molecule has 1 aliphatic heterocycles. The molecule has 0 radical (unpaired) electrons.